The average Bonchev–Trinajstić information content (AvgIpc) is 2.46. The highest BCUT2D eigenvalue weighted by Gasteiger charge is 2.38. The average molecular weight is 286 g/mol. The van der Waals surface area contributed by atoms with Gasteiger partial charge in [0.05, 0.1) is 5.41 Å². The lowest BCUT2D eigenvalue weighted by Gasteiger charge is -2.34. The molecular formula is C14H26N2O4. The molecule has 0 bridgehead atoms. The van der Waals surface area contributed by atoms with Crippen LogP contribution in [0.4, 0.5) is 0 Å². The molecule has 4 N–H and O–H groups in total. The maximum Gasteiger partial charge on any atom is 0.303 e. The molecule has 0 unspecified atom stereocenters. The van der Waals surface area contributed by atoms with Crippen LogP contribution in [0.2, 0.25) is 0 Å². The first-order valence-corrected chi connectivity index (χ1v) is 7.39. The van der Waals surface area contributed by atoms with E-state index >= 15 is 0 Å². The highest BCUT2D eigenvalue weighted by Crippen LogP contribution is 2.29. The number of carboxylic acid groups (broad SMARTS) is 1. The summed E-state index contributed by atoms with van der Waals surface area (Å²) in [6.07, 6.45) is 5.00. The highest BCUT2D eigenvalue weighted by atomic mass is 16.5. The Morgan fingerprint density at radius 1 is 1.15 bits per heavy atom. The van der Waals surface area contributed by atoms with Crippen molar-refractivity contribution in [3.63, 3.8) is 0 Å². The lowest BCUT2D eigenvalue weighted by Crippen LogP contribution is -2.49. The molecule has 0 aromatic rings. The van der Waals surface area contributed by atoms with E-state index in [0.717, 1.165) is 19.3 Å². The standard InChI is InChI=1S/C14H26N2O4/c15-11-14(6-9-20-10-7-14)13(19)16-8-4-2-1-3-5-12(17)18/h1-11,15H2,(H,16,19)(H,17,18). The monoisotopic (exact) mass is 286 g/mol. The molecule has 1 rings (SSSR count). The summed E-state index contributed by atoms with van der Waals surface area (Å²) in [6, 6.07) is 0. The fourth-order valence-electron chi connectivity index (χ4n) is 2.43. The predicted octanol–water partition coefficient (Wildman–Crippen LogP) is 0.893. The molecule has 20 heavy (non-hydrogen) atoms. The smallest absolute Gasteiger partial charge is 0.303 e. The van der Waals surface area contributed by atoms with Crippen molar-refractivity contribution in [1.29, 1.82) is 0 Å². The Kier molecular flexibility index (Phi) is 7.54. The van der Waals surface area contributed by atoms with Crippen molar-refractivity contribution in [3.8, 4) is 0 Å². The van der Waals surface area contributed by atoms with E-state index in [4.69, 9.17) is 15.6 Å². The summed E-state index contributed by atoms with van der Waals surface area (Å²) >= 11 is 0. The van der Waals surface area contributed by atoms with Crippen LogP contribution in [0.5, 0.6) is 0 Å². The van der Waals surface area contributed by atoms with Crippen molar-refractivity contribution < 1.29 is 19.4 Å². The minimum absolute atomic E-state index is 0.0360. The number of ether oxygens (including phenoxy) is 1. The van der Waals surface area contributed by atoms with Crippen molar-refractivity contribution in [1.82, 2.24) is 5.32 Å². The topological polar surface area (TPSA) is 102 Å². The summed E-state index contributed by atoms with van der Waals surface area (Å²) in [4.78, 5) is 22.5. The fraction of sp³-hybridized carbons (Fsp3) is 0.857. The van der Waals surface area contributed by atoms with E-state index in [1.807, 2.05) is 0 Å². The molecule has 1 amide bonds. The molecular weight excluding hydrogens is 260 g/mol. The zero-order valence-electron chi connectivity index (χ0n) is 12.0. The Morgan fingerprint density at radius 3 is 2.40 bits per heavy atom. The van der Waals surface area contributed by atoms with Crippen LogP contribution < -0.4 is 11.1 Å². The van der Waals surface area contributed by atoms with E-state index in [2.05, 4.69) is 5.32 Å². The number of carbonyl (C=O) groups is 2. The zero-order valence-corrected chi connectivity index (χ0v) is 12.0. The zero-order chi connectivity index (χ0) is 14.8. The van der Waals surface area contributed by atoms with Gasteiger partial charge in [-0.2, -0.15) is 0 Å². The van der Waals surface area contributed by atoms with Gasteiger partial charge >= 0.3 is 5.97 Å². The Labute approximate surface area is 120 Å². The highest BCUT2D eigenvalue weighted by molar-refractivity contribution is 5.83. The van der Waals surface area contributed by atoms with E-state index < -0.39 is 11.4 Å². The van der Waals surface area contributed by atoms with E-state index in [1.54, 1.807) is 0 Å². The van der Waals surface area contributed by atoms with Crippen LogP contribution in [0, 0.1) is 5.41 Å². The second-order valence-electron chi connectivity index (χ2n) is 5.41. The largest absolute Gasteiger partial charge is 0.481 e. The van der Waals surface area contributed by atoms with Gasteiger partial charge in [-0.25, -0.2) is 0 Å². The summed E-state index contributed by atoms with van der Waals surface area (Å²) in [5, 5.41) is 11.5. The Balaban J connectivity index is 2.14. The minimum atomic E-state index is -0.747. The van der Waals surface area contributed by atoms with Gasteiger partial charge in [0, 0.05) is 32.7 Å². The number of nitrogens with two attached hydrogens (primary N) is 1. The van der Waals surface area contributed by atoms with Gasteiger partial charge in [0.15, 0.2) is 0 Å². The summed E-state index contributed by atoms with van der Waals surface area (Å²) < 4.78 is 5.28. The molecule has 0 aromatic heterocycles. The van der Waals surface area contributed by atoms with Crippen molar-refractivity contribution >= 4 is 11.9 Å². The van der Waals surface area contributed by atoms with Gasteiger partial charge in [-0.05, 0) is 25.7 Å². The van der Waals surface area contributed by atoms with E-state index in [-0.39, 0.29) is 12.3 Å². The molecule has 116 valence electrons. The van der Waals surface area contributed by atoms with Crippen molar-refractivity contribution in [2.24, 2.45) is 11.1 Å². The van der Waals surface area contributed by atoms with Gasteiger partial charge in [-0.15, -0.1) is 0 Å². The first kappa shape index (κ1) is 16.9. The normalized spacial score (nSPS) is 17.6. The number of aliphatic carboxylic acids is 1. The Hall–Kier alpha value is -1.14. The summed E-state index contributed by atoms with van der Waals surface area (Å²) in [7, 11) is 0. The number of carbonyl (C=O) groups excluding carboxylic acids is 1. The summed E-state index contributed by atoms with van der Waals surface area (Å²) in [5.41, 5.74) is 5.31. The lowest BCUT2D eigenvalue weighted by molar-refractivity contribution is -0.137. The van der Waals surface area contributed by atoms with Gasteiger partial charge in [0.1, 0.15) is 0 Å². The maximum absolute atomic E-state index is 12.2. The summed E-state index contributed by atoms with van der Waals surface area (Å²) in [6.45, 7) is 2.19. The third-order valence-corrected chi connectivity index (χ3v) is 3.93. The SMILES string of the molecule is NCC1(C(=O)NCCCCCCC(=O)O)CCOCC1. The molecule has 1 saturated heterocycles. The molecule has 0 spiro atoms. The molecule has 6 nitrogen and oxygen atoms in total. The first-order chi connectivity index (χ1) is 9.60. The van der Waals surface area contributed by atoms with Crippen LogP contribution in [0.25, 0.3) is 0 Å². The summed E-state index contributed by atoms with van der Waals surface area (Å²) in [5.74, 6) is -0.712. The van der Waals surface area contributed by atoms with Crippen molar-refractivity contribution in [3.05, 3.63) is 0 Å². The van der Waals surface area contributed by atoms with Crippen LogP contribution in [-0.4, -0.2) is 43.3 Å². The van der Waals surface area contributed by atoms with Crippen LogP contribution in [0.3, 0.4) is 0 Å². The minimum Gasteiger partial charge on any atom is -0.481 e. The number of hydrogen-bond acceptors (Lipinski definition) is 4. The van der Waals surface area contributed by atoms with Gasteiger partial charge in [-0.3, -0.25) is 9.59 Å². The number of rotatable bonds is 9. The molecule has 6 heteroatoms. The van der Waals surface area contributed by atoms with E-state index in [9.17, 15) is 9.59 Å². The molecule has 0 atom stereocenters. The second-order valence-corrected chi connectivity index (χ2v) is 5.41. The number of amides is 1. The molecule has 0 saturated carbocycles. The van der Waals surface area contributed by atoms with Crippen LogP contribution in [0.1, 0.15) is 44.9 Å². The number of hydrogen-bond donors (Lipinski definition) is 3. The van der Waals surface area contributed by atoms with Crippen molar-refractivity contribution in [2.45, 2.75) is 44.9 Å². The van der Waals surface area contributed by atoms with Crippen molar-refractivity contribution in [2.75, 3.05) is 26.3 Å². The first-order valence-electron chi connectivity index (χ1n) is 7.39. The maximum atomic E-state index is 12.2. The molecule has 1 heterocycles. The molecule has 0 radical (unpaired) electrons. The third kappa shape index (κ3) is 5.46. The lowest BCUT2D eigenvalue weighted by atomic mass is 9.79. The van der Waals surface area contributed by atoms with Crippen LogP contribution >= 0.6 is 0 Å². The second kappa shape index (κ2) is 8.92. The number of nitrogens with one attached hydrogen (secondary N) is 1. The number of carboxylic acids is 1. The third-order valence-electron chi connectivity index (χ3n) is 3.93. The molecule has 0 aliphatic carbocycles. The van der Waals surface area contributed by atoms with Crippen LogP contribution in [0.15, 0.2) is 0 Å². The van der Waals surface area contributed by atoms with Gasteiger partial charge in [0.2, 0.25) is 5.91 Å². The Morgan fingerprint density at radius 2 is 1.80 bits per heavy atom. The van der Waals surface area contributed by atoms with Crippen LogP contribution in [-0.2, 0) is 14.3 Å². The van der Waals surface area contributed by atoms with Gasteiger partial charge in [-0.1, -0.05) is 12.8 Å². The van der Waals surface area contributed by atoms with E-state index in [1.165, 1.54) is 0 Å². The molecule has 1 aliphatic rings. The molecule has 0 aromatic carbocycles. The Bertz CT molecular complexity index is 314. The molecule has 1 aliphatic heterocycles. The van der Waals surface area contributed by atoms with Gasteiger partial charge < -0.3 is 20.9 Å². The fourth-order valence-corrected chi connectivity index (χ4v) is 2.43. The van der Waals surface area contributed by atoms with E-state index in [0.29, 0.717) is 45.6 Å². The number of unbranched alkanes of at least 4 members (excludes halogenated alkanes) is 3. The van der Waals surface area contributed by atoms with Gasteiger partial charge in [0.25, 0.3) is 0 Å². The predicted molar refractivity (Wildman–Crippen MR) is 75.3 cm³/mol. The molecule has 1 fully saturated rings. The quantitative estimate of drug-likeness (QED) is 0.546.